The minimum absolute atomic E-state index is 0.164. The Hall–Kier alpha value is -1.15. The van der Waals surface area contributed by atoms with Gasteiger partial charge < -0.3 is 20.9 Å². The number of nitrogens with two attached hydrogens (primary N) is 1. The Bertz CT molecular complexity index is 456. The van der Waals surface area contributed by atoms with Crippen molar-refractivity contribution in [2.24, 2.45) is 0 Å². The average Bonchev–Trinajstić information content (AvgIpc) is 2.32. The number of rotatable bonds is 7. The number of nitrogens with one attached hydrogen (secondary N) is 1. The summed E-state index contributed by atoms with van der Waals surface area (Å²) < 4.78 is 5.57. The fraction of sp³-hybridized carbons (Fsp3) is 0.462. The number of halogens is 1. The Kier molecular flexibility index (Phi) is 6.94. The molecule has 0 heterocycles. The number of amides is 1. The monoisotopic (exact) mass is 345 g/mol. The molecule has 112 valence electrons. The van der Waals surface area contributed by atoms with E-state index in [9.17, 15) is 9.90 Å². The summed E-state index contributed by atoms with van der Waals surface area (Å²) in [4.78, 5) is 13.6. The second-order valence-corrected chi connectivity index (χ2v) is 5.45. The number of hydrogen-bond donors (Lipinski definition) is 3. The molecule has 1 unspecified atom stereocenters. The Morgan fingerprint density at radius 3 is 2.90 bits per heavy atom. The third-order valence-electron chi connectivity index (χ3n) is 2.56. The number of carbonyl (C=O) groups excluding carboxylic acids is 1. The van der Waals surface area contributed by atoms with Gasteiger partial charge in [0.05, 0.1) is 24.9 Å². The Morgan fingerprint density at radius 1 is 1.60 bits per heavy atom. The quantitative estimate of drug-likeness (QED) is 0.639. The molecule has 1 amide bonds. The lowest BCUT2D eigenvalue weighted by Gasteiger charge is -2.19. The van der Waals surface area contributed by atoms with Crippen LogP contribution in [0.15, 0.2) is 22.7 Å². The smallest absolute Gasteiger partial charge is 0.238 e. The predicted octanol–water partition coefficient (Wildman–Crippen LogP) is 0.909. The van der Waals surface area contributed by atoms with Crippen LogP contribution in [0.1, 0.15) is 0 Å². The van der Waals surface area contributed by atoms with Crippen molar-refractivity contribution in [3.8, 4) is 0 Å². The molecule has 20 heavy (non-hydrogen) atoms. The highest BCUT2D eigenvalue weighted by Gasteiger charge is 2.12. The molecule has 0 spiro atoms. The fourth-order valence-corrected chi connectivity index (χ4v) is 2.23. The first-order valence-corrected chi connectivity index (χ1v) is 6.92. The third kappa shape index (κ3) is 5.87. The maximum Gasteiger partial charge on any atom is 0.238 e. The molecule has 0 radical (unpaired) electrons. The third-order valence-corrected chi connectivity index (χ3v) is 3.22. The number of likely N-dealkylation sites (N-methyl/N-ethyl adjacent to an activating group) is 1. The minimum atomic E-state index is -0.610. The van der Waals surface area contributed by atoms with Crippen LogP contribution in [-0.2, 0) is 9.53 Å². The summed E-state index contributed by atoms with van der Waals surface area (Å²) in [5.41, 5.74) is 6.91. The summed E-state index contributed by atoms with van der Waals surface area (Å²) in [5.74, 6) is -0.164. The zero-order valence-corrected chi connectivity index (χ0v) is 13.2. The van der Waals surface area contributed by atoms with Crippen LogP contribution >= 0.6 is 15.9 Å². The molecule has 6 nitrogen and oxygen atoms in total. The molecule has 1 aromatic rings. The number of ether oxygens (including phenoxy) is 1. The average molecular weight is 346 g/mol. The van der Waals surface area contributed by atoms with Gasteiger partial charge in [0, 0.05) is 23.8 Å². The summed E-state index contributed by atoms with van der Waals surface area (Å²) in [6, 6.07) is 5.17. The highest BCUT2D eigenvalue weighted by Crippen LogP contribution is 2.24. The lowest BCUT2D eigenvalue weighted by Crippen LogP contribution is -2.37. The molecular formula is C13H20BrN3O3. The van der Waals surface area contributed by atoms with Crippen LogP contribution in [-0.4, -0.2) is 55.9 Å². The van der Waals surface area contributed by atoms with Crippen molar-refractivity contribution in [2.45, 2.75) is 6.10 Å². The summed E-state index contributed by atoms with van der Waals surface area (Å²) in [7, 11) is 3.28. The number of nitrogen functional groups attached to an aromatic ring is 1. The van der Waals surface area contributed by atoms with Crippen molar-refractivity contribution in [1.29, 1.82) is 0 Å². The topological polar surface area (TPSA) is 87.8 Å². The highest BCUT2D eigenvalue weighted by molar-refractivity contribution is 9.10. The molecule has 0 aliphatic heterocycles. The van der Waals surface area contributed by atoms with Crippen LogP contribution < -0.4 is 11.1 Å². The fourth-order valence-electron chi connectivity index (χ4n) is 1.74. The van der Waals surface area contributed by atoms with Gasteiger partial charge in [-0.15, -0.1) is 0 Å². The van der Waals surface area contributed by atoms with E-state index in [0.29, 0.717) is 17.9 Å². The summed E-state index contributed by atoms with van der Waals surface area (Å²) in [6.07, 6.45) is -0.610. The Labute approximate surface area is 127 Å². The van der Waals surface area contributed by atoms with Crippen molar-refractivity contribution in [3.05, 3.63) is 22.7 Å². The molecule has 1 aromatic carbocycles. The maximum absolute atomic E-state index is 11.9. The van der Waals surface area contributed by atoms with Gasteiger partial charge in [-0.25, -0.2) is 0 Å². The molecule has 0 aliphatic carbocycles. The van der Waals surface area contributed by atoms with E-state index < -0.39 is 6.10 Å². The molecule has 4 N–H and O–H groups in total. The van der Waals surface area contributed by atoms with Crippen LogP contribution in [0, 0.1) is 0 Å². The van der Waals surface area contributed by atoms with Gasteiger partial charge >= 0.3 is 0 Å². The number of benzene rings is 1. The van der Waals surface area contributed by atoms with Gasteiger partial charge in [0.1, 0.15) is 0 Å². The number of anilines is 2. The first-order chi connectivity index (χ1) is 9.42. The number of methoxy groups -OCH3 is 1. The van der Waals surface area contributed by atoms with E-state index in [4.69, 9.17) is 10.5 Å². The molecule has 7 heteroatoms. The number of aliphatic hydroxyl groups excluding tert-OH is 1. The second-order valence-electron chi connectivity index (χ2n) is 4.59. The largest absolute Gasteiger partial charge is 0.399 e. The number of aliphatic hydroxyl groups is 1. The zero-order chi connectivity index (χ0) is 15.1. The van der Waals surface area contributed by atoms with Crippen LogP contribution in [0.25, 0.3) is 0 Å². The zero-order valence-electron chi connectivity index (χ0n) is 11.6. The van der Waals surface area contributed by atoms with E-state index in [1.165, 1.54) is 7.11 Å². The lowest BCUT2D eigenvalue weighted by molar-refractivity contribution is -0.117. The van der Waals surface area contributed by atoms with E-state index in [0.717, 1.165) is 4.47 Å². The van der Waals surface area contributed by atoms with Gasteiger partial charge in [-0.3, -0.25) is 9.69 Å². The van der Waals surface area contributed by atoms with Gasteiger partial charge in [-0.05, 0) is 41.2 Å². The van der Waals surface area contributed by atoms with E-state index in [2.05, 4.69) is 21.2 Å². The minimum Gasteiger partial charge on any atom is -0.399 e. The van der Waals surface area contributed by atoms with Crippen molar-refractivity contribution in [1.82, 2.24) is 4.90 Å². The van der Waals surface area contributed by atoms with E-state index in [-0.39, 0.29) is 19.1 Å². The number of carbonyl (C=O) groups is 1. The molecule has 0 saturated heterocycles. The highest BCUT2D eigenvalue weighted by atomic mass is 79.9. The van der Waals surface area contributed by atoms with Crippen LogP contribution in [0.2, 0.25) is 0 Å². The first kappa shape index (κ1) is 16.9. The molecule has 1 atom stereocenters. The van der Waals surface area contributed by atoms with Gasteiger partial charge in [0.15, 0.2) is 0 Å². The molecule has 0 aliphatic rings. The SMILES string of the molecule is COCC(O)CN(C)CC(=O)Nc1ccc(N)cc1Br. The molecule has 1 rings (SSSR count). The van der Waals surface area contributed by atoms with Gasteiger partial charge in [-0.2, -0.15) is 0 Å². The van der Waals surface area contributed by atoms with Gasteiger partial charge in [-0.1, -0.05) is 0 Å². The van der Waals surface area contributed by atoms with Gasteiger partial charge in [0.2, 0.25) is 5.91 Å². The van der Waals surface area contributed by atoms with Gasteiger partial charge in [0.25, 0.3) is 0 Å². The Balaban J connectivity index is 2.46. The van der Waals surface area contributed by atoms with E-state index in [1.54, 1.807) is 30.1 Å². The summed E-state index contributed by atoms with van der Waals surface area (Å²) in [5, 5.41) is 12.4. The molecule has 0 saturated carbocycles. The predicted molar refractivity (Wildman–Crippen MR) is 82.6 cm³/mol. The second kappa shape index (κ2) is 8.21. The van der Waals surface area contributed by atoms with Crippen molar-refractivity contribution in [3.63, 3.8) is 0 Å². The lowest BCUT2D eigenvalue weighted by atomic mass is 10.3. The summed E-state index contributed by atoms with van der Waals surface area (Å²) >= 11 is 3.34. The van der Waals surface area contributed by atoms with Crippen molar-refractivity contribution in [2.75, 3.05) is 44.9 Å². The van der Waals surface area contributed by atoms with Crippen molar-refractivity contribution >= 4 is 33.2 Å². The summed E-state index contributed by atoms with van der Waals surface area (Å²) in [6.45, 7) is 0.789. The van der Waals surface area contributed by atoms with E-state index >= 15 is 0 Å². The first-order valence-electron chi connectivity index (χ1n) is 6.12. The normalized spacial score (nSPS) is 12.4. The number of nitrogens with zero attached hydrogens (tertiary/aromatic N) is 1. The van der Waals surface area contributed by atoms with Crippen molar-refractivity contribution < 1.29 is 14.6 Å². The standard InChI is InChI=1S/C13H20BrN3O3/c1-17(6-10(18)8-20-2)7-13(19)16-12-4-3-9(15)5-11(12)14/h3-5,10,18H,6-8,15H2,1-2H3,(H,16,19). The van der Waals surface area contributed by atoms with Crippen LogP contribution in [0.3, 0.4) is 0 Å². The number of hydrogen-bond acceptors (Lipinski definition) is 5. The molecule has 0 fully saturated rings. The molecular weight excluding hydrogens is 326 g/mol. The van der Waals surface area contributed by atoms with Crippen LogP contribution in [0.4, 0.5) is 11.4 Å². The Morgan fingerprint density at radius 2 is 2.30 bits per heavy atom. The van der Waals surface area contributed by atoms with E-state index in [1.807, 2.05) is 0 Å². The van der Waals surface area contributed by atoms with Crippen LogP contribution in [0.5, 0.6) is 0 Å². The maximum atomic E-state index is 11.9. The molecule has 0 aromatic heterocycles. The molecule has 0 bridgehead atoms.